The predicted molar refractivity (Wildman–Crippen MR) is 69.3 cm³/mol. The molecule has 0 bridgehead atoms. The van der Waals surface area contributed by atoms with Crippen LogP contribution in [0.1, 0.15) is 29.6 Å². The van der Waals surface area contributed by atoms with Crippen molar-refractivity contribution in [2.45, 2.75) is 25.3 Å². The highest BCUT2D eigenvalue weighted by Crippen LogP contribution is 2.26. The molecule has 0 saturated heterocycles. The molecule has 7 nitrogen and oxygen atoms in total. The van der Waals surface area contributed by atoms with Crippen LogP contribution in [0.4, 0.5) is 5.69 Å². The lowest BCUT2D eigenvalue weighted by molar-refractivity contribution is -0.385. The van der Waals surface area contributed by atoms with Gasteiger partial charge in [-0.25, -0.2) is 0 Å². The number of nitro groups is 1. The summed E-state index contributed by atoms with van der Waals surface area (Å²) in [6.45, 7) is 0. The summed E-state index contributed by atoms with van der Waals surface area (Å²) >= 11 is 0. The number of amides is 1. The van der Waals surface area contributed by atoms with Gasteiger partial charge in [0.15, 0.2) is 0 Å². The zero-order valence-electron chi connectivity index (χ0n) is 10.6. The van der Waals surface area contributed by atoms with Crippen LogP contribution in [0, 0.1) is 16.0 Å². The van der Waals surface area contributed by atoms with Crippen LogP contribution < -0.4 is 5.32 Å². The Kier molecular flexibility index (Phi) is 3.97. The molecule has 1 aromatic rings. The van der Waals surface area contributed by atoms with E-state index in [1.165, 1.54) is 18.2 Å². The lowest BCUT2D eigenvalue weighted by Gasteiger charge is -2.12. The number of benzene rings is 1. The zero-order valence-corrected chi connectivity index (χ0v) is 10.6. The van der Waals surface area contributed by atoms with Gasteiger partial charge in [-0.15, -0.1) is 0 Å². The molecule has 0 spiro atoms. The quantitative estimate of drug-likeness (QED) is 0.641. The van der Waals surface area contributed by atoms with E-state index in [0.29, 0.717) is 19.3 Å². The molecule has 1 fully saturated rings. The van der Waals surface area contributed by atoms with Crippen LogP contribution >= 0.6 is 0 Å². The number of carboxylic acids is 1. The van der Waals surface area contributed by atoms with Crippen molar-refractivity contribution in [2.24, 2.45) is 5.92 Å². The fraction of sp³-hybridized carbons (Fsp3) is 0.385. The molecule has 2 atom stereocenters. The van der Waals surface area contributed by atoms with Gasteiger partial charge in [0.1, 0.15) is 5.56 Å². The van der Waals surface area contributed by atoms with Gasteiger partial charge in [0.2, 0.25) is 0 Å². The molecule has 1 amide bonds. The zero-order chi connectivity index (χ0) is 14.7. The van der Waals surface area contributed by atoms with Gasteiger partial charge >= 0.3 is 5.97 Å². The summed E-state index contributed by atoms with van der Waals surface area (Å²) in [4.78, 5) is 33.1. The summed E-state index contributed by atoms with van der Waals surface area (Å²) in [5.41, 5.74) is -0.256. The second kappa shape index (κ2) is 5.68. The average molecular weight is 278 g/mol. The van der Waals surface area contributed by atoms with Gasteiger partial charge in [-0.1, -0.05) is 12.1 Å². The lowest BCUT2D eigenvalue weighted by Crippen LogP contribution is -2.33. The highest BCUT2D eigenvalue weighted by molar-refractivity contribution is 5.98. The number of aliphatic carboxylic acids is 1. The van der Waals surface area contributed by atoms with Crippen LogP contribution in [0.15, 0.2) is 24.3 Å². The molecule has 7 heteroatoms. The summed E-state index contributed by atoms with van der Waals surface area (Å²) in [6.07, 6.45) is 1.45. The van der Waals surface area contributed by atoms with Crippen LogP contribution in [-0.4, -0.2) is 27.9 Å². The number of rotatable bonds is 4. The Morgan fingerprint density at radius 2 is 2.00 bits per heavy atom. The number of nitro benzene ring substituents is 1. The Balaban J connectivity index is 2.06. The second-order valence-electron chi connectivity index (χ2n) is 4.79. The van der Waals surface area contributed by atoms with Gasteiger partial charge in [0.25, 0.3) is 11.6 Å². The van der Waals surface area contributed by atoms with E-state index in [4.69, 9.17) is 5.11 Å². The van der Waals surface area contributed by atoms with Gasteiger partial charge in [-0.3, -0.25) is 19.7 Å². The van der Waals surface area contributed by atoms with E-state index in [2.05, 4.69) is 5.32 Å². The van der Waals surface area contributed by atoms with Crippen molar-refractivity contribution in [3.8, 4) is 0 Å². The summed E-state index contributed by atoms with van der Waals surface area (Å²) in [5, 5.41) is 22.4. The number of carboxylic acid groups (broad SMARTS) is 1. The summed E-state index contributed by atoms with van der Waals surface area (Å²) < 4.78 is 0. The number of nitrogens with zero attached hydrogens (tertiary/aromatic N) is 1. The number of carbonyl (C=O) groups excluding carboxylic acids is 1. The predicted octanol–water partition coefficient (Wildman–Crippen LogP) is 1.58. The van der Waals surface area contributed by atoms with Crippen molar-refractivity contribution in [1.82, 2.24) is 5.32 Å². The number of para-hydroxylation sites is 1. The Morgan fingerprint density at radius 3 is 2.60 bits per heavy atom. The van der Waals surface area contributed by atoms with Crippen molar-refractivity contribution in [2.75, 3.05) is 0 Å². The minimum absolute atomic E-state index is 0.00345. The Labute approximate surface area is 114 Å². The maximum Gasteiger partial charge on any atom is 0.306 e. The third kappa shape index (κ3) is 2.93. The first-order valence-corrected chi connectivity index (χ1v) is 6.26. The first-order chi connectivity index (χ1) is 9.49. The average Bonchev–Trinajstić information content (AvgIpc) is 2.87. The third-order valence-electron chi connectivity index (χ3n) is 3.46. The SMILES string of the molecule is O=C(N[C@@H]1CC[C@H](C(=O)O)C1)c1ccccc1[N+](=O)[O-]. The molecule has 0 aromatic heterocycles. The van der Waals surface area contributed by atoms with Crippen molar-refractivity contribution in [3.63, 3.8) is 0 Å². The lowest BCUT2D eigenvalue weighted by atomic mass is 10.1. The number of nitrogens with one attached hydrogen (secondary N) is 1. The molecule has 1 saturated carbocycles. The molecule has 1 aliphatic rings. The van der Waals surface area contributed by atoms with E-state index in [1.54, 1.807) is 6.07 Å². The first-order valence-electron chi connectivity index (χ1n) is 6.26. The molecule has 0 unspecified atom stereocenters. The van der Waals surface area contributed by atoms with E-state index in [9.17, 15) is 19.7 Å². The van der Waals surface area contributed by atoms with Crippen molar-refractivity contribution < 1.29 is 19.6 Å². The van der Waals surface area contributed by atoms with E-state index in [1.807, 2.05) is 0 Å². The van der Waals surface area contributed by atoms with E-state index in [-0.39, 0.29) is 17.3 Å². The van der Waals surface area contributed by atoms with Gasteiger partial charge in [-0.2, -0.15) is 0 Å². The maximum atomic E-state index is 12.0. The smallest absolute Gasteiger partial charge is 0.306 e. The van der Waals surface area contributed by atoms with Crippen molar-refractivity contribution in [1.29, 1.82) is 0 Å². The monoisotopic (exact) mass is 278 g/mol. The Hall–Kier alpha value is -2.44. The summed E-state index contributed by atoms with van der Waals surface area (Å²) in [7, 11) is 0. The maximum absolute atomic E-state index is 12.0. The van der Waals surface area contributed by atoms with Gasteiger partial charge in [0, 0.05) is 12.1 Å². The molecule has 2 rings (SSSR count). The number of hydrogen-bond acceptors (Lipinski definition) is 4. The molecular weight excluding hydrogens is 264 g/mol. The van der Waals surface area contributed by atoms with Crippen LogP contribution in [0.5, 0.6) is 0 Å². The van der Waals surface area contributed by atoms with E-state index in [0.717, 1.165) is 0 Å². The molecular formula is C13H14N2O5. The number of carbonyl (C=O) groups is 2. The van der Waals surface area contributed by atoms with E-state index < -0.39 is 22.7 Å². The minimum atomic E-state index is -0.868. The van der Waals surface area contributed by atoms with Crippen LogP contribution in [0.25, 0.3) is 0 Å². The van der Waals surface area contributed by atoms with Gasteiger partial charge in [-0.05, 0) is 25.3 Å². The molecule has 0 aliphatic heterocycles. The standard InChI is InChI=1S/C13H14N2O5/c16-12(10-3-1-2-4-11(10)15(19)20)14-9-6-5-8(7-9)13(17)18/h1-4,8-9H,5-7H2,(H,14,16)(H,17,18)/t8-,9+/m0/s1. The van der Waals surface area contributed by atoms with Crippen LogP contribution in [0.3, 0.4) is 0 Å². The third-order valence-corrected chi connectivity index (χ3v) is 3.46. The fourth-order valence-corrected chi connectivity index (χ4v) is 2.42. The molecule has 1 aliphatic carbocycles. The van der Waals surface area contributed by atoms with Gasteiger partial charge < -0.3 is 10.4 Å². The normalized spacial score (nSPS) is 21.4. The highest BCUT2D eigenvalue weighted by atomic mass is 16.6. The highest BCUT2D eigenvalue weighted by Gasteiger charge is 2.31. The molecule has 106 valence electrons. The first kappa shape index (κ1) is 14.0. The Bertz CT molecular complexity index is 557. The topological polar surface area (TPSA) is 110 Å². The molecule has 1 aromatic carbocycles. The second-order valence-corrected chi connectivity index (χ2v) is 4.79. The molecule has 0 radical (unpaired) electrons. The largest absolute Gasteiger partial charge is 0.481 e. The molecule has 0 heterocycles. The Morgan fingerprint density at radius 1 is 1.30 bits per heavy atom. The summed E-state index contributed by atoms with van der Waals surface area (Å²) in [5.74, 6) is -1.85. The van der Waals surface area contributed by atoms with Crippen LogP contribution in [-0.2, 0) is 4.79 Å². The fourth-order valence-electron chi connectivity index (χ4n) is 2.42. The van der Waals surface area contributed by atoms with Gasteiger partial charge in [0.05, 0.1) is 10.8 Å². The minimum Gasteiger partial charge on any atom is -0.481 e. The molecule has 20 heavy (non-hydrogen) atoms. The molecule has 2 N–H and O–H groups in total. The number of hydrogen-bond donors (Lipinski definition) is 2. The van der Waals surface area contributed by atoms with Crippen molar-refractivity contribution in [3.05, 3.63) is 39.9 Å². The summed E-state index contributed by atoms with van der Waals surface area (Å²) in [6, 6.07) is 5.45. The van der Waals surface area contributed by atoms with Crippen molar-refractivity contribution >= 4 is 17.6 Å². The van der Waals surface area contributed by atoms with E-state index >= 15 is 0 Å². The van der Waals surface area contributed by atoms with Crippen LogP contribution in [0.2, 0.25) is 0 Å².